The molecule has 1 aliphatic heterocycles. The predicted octanol–water partition coefficient (Wildman–Crippen LogP) is 1.15. The van der Waals surface area contributed by atoms with Gasteiger partial charge < -0.3 is 10.6 Å². The first-order valence-corrected chi connectivity index (χ1v) is 5.27. The topological polar surface area (TPSA) is 41.1 Å². The third-order valence-corrected chi connectivity index (χ3v) is 3.56. The zero-order chi connectivity index (χ0) is 11.0. The minimum absolute atomic E-state index is 0.00570. The zero-order valence-corrected chi connectivity index (χ0v) is 9.90. The van der Waals surface area contributed by atoms with Gasteiger partial charge in [0.05, 0.1) is 6.04 Å². The summed E-state index contributed by atoms with van der Waals surface area (Å²) in [7, 11) is 0. The minimum Gasteiger partial charge on any atom is -0.350 e. The van der Waals surface area contributed by atoms with Gasteiger partial charge in [0, 0.05) is 18.5 Å². The van der Waals surface area contributed by atoms with Gasteiger partial charge in [-0.1, -0.05) is 34.6 Å². The van der Waals surface area contributed by atoms with Crippen LogP contribution >= 0.6 is 0 Å². The van der Waals surface area contributed by atoms with E-state index in [1.165, 1.54) is 0 Å². The van der Waals surface area contributed by atoms with E-state index < -0.39 is 0 Å². The molecule has 1 heterocycles. The maximum atomic E-state index is 12.0. The molecule has 0 aromatic carbocycles. The average molecular weight is 198 g/mol. The van der Waals surface area contributed by atoms with Gasteiger partial charge in [0.2, 0.25) is 5.91 Å². The summed E-state index contributed by atoms with van der Waals surface area (Å²) in [5, 5.41) is 6.20. The molecule has 14 heavy (non-hydrogen) atoms. The fourth-order valence-electron chi connectivity index (χ4n) is 1.10. The molecule has 0 atom stereocenters. The Morgan fingerprint density at radius 1 is 1.21 bits per heavy atom. The van der Waals surface area contributed by atoms with Crippen LogP contribution in [0.1, 0.15) is 34.6 Å². The molecule has 1 fully saturated rings. The van der Waals surface area contributed by atoms with Crippen molar-refractivity contribution >= 4 is 5.91 Å². The van der Waals surface area contributed by atoms with Crippen LogP contribution in [0.5, 0.6) is 0 Å². The van der Waals surface area contributed by atoms with Crippen LogP contribution in [0, 0.1) is 10.8 Å². The Morgan fingerprint density at radius 3 is 2.00 bits per heavy atom. The highest BCUT2D eigenvalue weighted by atomic mass is 16.2. The molecule has 3 nitrogen and oxygen atoms in total. The normalized spacial score (nSPS) is 18.9. The lowest BCUT2D eigenvalue weighted by Gasteiger charge is -2.39. The first-order chi connectivity index (χ1) is 6.25. The second-order valence-electron chi connectivity index (χ2n) is 5.70. The van der Waals surface area contributed by atoms with Crippen LogP contribution in [0.4, 0.5) is 0 Å². The van der Waals surface area contributed by atoms with E-state index in [-0.39, 0.29) is 16.7 Å². The molecular formula is C11H22N2O. The zero-order valence-electron chi connectivity index (χ0n) is 9.90. The van der Waals surface area contributed by atoms with Crippen LogP contribution in [0.3, 0.4) is 0 Å². The van der Waals surface area contributed by atoms with Crippen LogP contribution in [-0.4, -0.2) is 25.0 Å². The van der Waals surface area contributed by atoms with E-state index in [4.69, 9.17) is 0 Å². The molecule has 2 N–H and O–H groups in total. The van der Waals surface area contributed by atoms with Crippen molar-refractivity contribution in [2.45, 2.75) is 40.7 Å². The number of hydrogen-bond acceptors (Lipinski definition) is 2. The van der Waals surface area contributed by atoms with Crippen molar-refractivity contribution < 1.29 is 4.79 Å². The first kappa shape index (κ1) is 11.5. The molecule has 0 bridgehead atoms. The van der Waals surface area contributed by atoms with Crippen LogP contribution in [-0.2, 0) is 4.79 Å². The molecule has 3 heteroatoms. The molecule has 1 aliphatic rings. The van der Waals surface area contributed by atoms with Crippen molar-refractivity contribution in [2.75, 3.05) is 13.1 Å². The maximum Gasteiger partial charge on any atom is 0.226 e. The van der Waals surface area contributed by atoms with E-state index in [0.717, 1.165) is 13.1 Å². The standard InChI is InChI=1S/C11H22N2O/c1-10(2,3)11(4,5)9(14)13-8-6-12-7-8/h8,12H,6-7H2,1-5H3,(H,13,14). The number of carbonyl (C=O) groups is 1. The molecule has 1 amide bonds. The number of carbonyl (C=O) groups excluding carboxylic acids is 1. The summed E-state index contributed by atoms with van der Waals surface area (Å²) in [6, 6.07) is 0.337. The monoisotopic (exact) mass is 198 g/mol. The molecule has 0 aliphatic carbocycles. The SMILES string of the molecule is CC(C)(C)C(C)(C)C(=O)NC1CNC1. The lowest BCUT2D eigenvalue weighted by molar-refractivity contribution is -0.135. The number of amides is 1. The van der Waals surface area contributed by atoms with Crippen molar-refractivity contribution in [3.05, 3.63) is 0 Å². The minimum atomic E-state index is -0.317. The molecule has 0 aromatic heterocycles. The summed E-state index contributed by atoms with van der Waals surface area (Å²) in [6.45, 7) is 12.1. The third kappa shape index (κ3) is 2.08. The van der Waals surface area contributed by atoms with E-state index in [9.17, 15) is 4.79 Å². The van der Waals surface area contributed by atoms with Crippen LogP contribution < -0.4 is 10.6 Å². The van der Waals surface area contributed by atoms with Gasteiger partial charge in [-0.2, -0.15) is 0 Å². The quantitative estimate of drug-likeness (QED) is 0.699. The van der Waals surface area contributed by atoms with Crippen molar-refractivity contribution in [1.82, 2.24) is 10.6 Å². The largest absolute Gasteiger partial charge is 0.350 e. The smallest absolute Gasteiger partial charge is 0.226 e. The lowest BCUT2D eigenvalue weighted by atomic mass is 9.68. The Labute approximate surface area is 86.6 Å². The second kappa shape index (κ2) is 3.54. The highest BCUT2D eigenvalue weighted by molar-refractivity contribution is 5.83. The Balaban J connectivity index is 2.57. The fourth-order valence-corrected chi connectivity index (χ4v) is 1.10. The molecular weight excluding hydrogens is 176 g/mol. The molecule has 82 valence electrons. The molecule has 0 spiro atoms. The van der Waals surface area contributed by atoms with Gasteiger partial charge >= 0.3 is 0 Å². The molecule has 1 rings (SSSR count). The van der Waals surface area contributed by atoms with E-state index in [0.29, 0.717) is 6.04 Å². The lowest BCUT2D eigenvalue weighted by Crippen LogP contribution is -2.60. The van der Waals surface area contributed by atoms with Gasteiger partial charge in [-0.05, 0) is 5.41 Å². The molecule has 1 saturated heterocycles. The summed E-state index contributed by atoms with van der Waals surface area (Å²) in [6.07, 6.45) is 0. The van der Waals surface area contributed by atoms with Gasteiger partial charge in [0.15, 0.2) is 0 Å². The summed E-state index contributed by atoms with van der Waals surface area (Å²) in [4.78, 5) is 12.0. The second-order valence-corrected chi connectivity index (χ2v) is 5.70. The van der Waals surface area contributed by atoms with Gasteiger partial charge in [-0.25, -0.2) is 0 Å². The summed E-state index contributed by atoms with van der Waals surface area (Å²) >= 11 is 0. The van der Waals surface area contributed by atoms with Gasteiger partial charge in [0.1, 0.15) is 0 Å². The van der Waals surface area contributed by atoms with Crippen LogP contribution in [0.25, 0.3) is 0 Å². The van der Waals surface area contributed by atoms with Crippen molar-refractivity contribution in [1.29, 1.82) is 0 Å². The van der Waals surface area contributed by atoms with Gasteiger partial charge in [-0.15, -0.1) is 0 Å². The predicted molar refractivity (Wildman–Crippen MR) is 58.0 cm³/mol. The van der Waals surface area contributed by atoms with E-state index in [2.05, 4.69) is 31.4 Å². The number of rotatable bonds is 2. The Kier molecular flexibility index (Phi) is 2.91. The van der Waals surface area contributed by atoms with Crippen LogP contribution in [0.15, 0.2) is 0 Å². The summed E-state index contributed by atoms with van der Waals surface area (Å²) in [5.74, 6) is 0.163. The van der Waals surface area contributed by atoms with Crippen molar-refractivity contribution in [3.8, 4) is 0 Å². The third-order valence-electron chi connectivity index (χ3n) is 3.56. The Hall–Kier alpha value is -0.570. The van der Waals surface area contributed by atoms with Gasteiger partial charge in [-0.3, -0.25) is 4.79 Å². The molecule has 0 radical (unpaired) electrons. The molecule has 0 aromatic rings. The highest BCUT2D eigenvalue weighted by Crippen LogP contribution is 2.37. The Bertz CT molecular complexity index is 224. The van der Waals surface area contributed by atoms with Crippen molar-refractivity contribution in [3.63, 3.8) is 0 Å². The van der Waals surface area contributed by atoms with Crippen LogP contribution in [0.2, 0.25) is 0 Å². The van der Waals surface area contributed by atoms with E-state index in [1.54, 1.807) is 0 Å². The molecule has 0 saturated carbocycles. The van der Waals surface area contributed by atoms with Gasteiger partial charge in [0.25, 0.3) is 0 Å². The summed E-state index contributed by atoms with van der Waals surface area (Å²) < 4.78 is 0. The average Bonchev–Trinajstić information content (AvgIpc) is 1.93. The van der Waals surface area contributed by atoms with E-state index >= 15 is 0 Å². The Morgan fingerprint density at radius 2 is 1.71 bits per heavy atom. The maximum absolute atomic E-state index is 12.0. The fraction of sp³-hybridized carbons (Fsp3) is 0.909. The first-order valence-electron chi connectivity index (χ1n) is 5.27. The highest BCUT2D eigenvalue weighted by Gasteiger charge is 2.40. The number of hydrogen-bond donors (Lipinski definition) is 2. The molecule has 0 unspecified atom stereocenters. The van der Waals surface area contributed by atoms with Crippen molar-refractivity contribution in [2.24, 2.45) is 10.8 Å². The number of nitrogens with one attached hydrogen (secondary N) is 2. The van der Waals surface area contributed by atoms with E-state index in [1.807, 2.05) is 13.8 Å². The summed E-state index contributed by atoms with van der Waals surface area (Å²) in [5.41, 5.74) is -0.323.